The fourth-order valence-corrected chi connectivity index (χ4v) is 1.62. The molecule has 0 aliphatic heterocycles. The number of carboxylic acids is 1. The van der Waals surface area contributed by atoms with Crippen LogP contribution in [0.3, 0.4) is 0 Å². The van der Waals surface area contributed by atoms with E-state index in [2.05, 4.69) is 29.8 Å². The van der Waals surface area contributed by atoms with Crippen molar-refractivity contribution in [1.29, 1.82) is 0 Å². The predicted octanol–water partition coefficient (Wildman–Crippen LogP) is 3.57. The lowest BCUT2D eigenvalue weighted by Crippen LogP contribution is -2.18. The Bertz CT molecular complexity index is 388. The van der Waals surface area contributed by atoms with Crippen LogP contribution >= 0.6 is 15.9 Å². The Morgan fingerprint density at radius 2 is 2.00 bits per heavy atom. The molecule has 0 saturated carbocycles. The minimum atomic E-state index is -0.949. The van der Waals surface area contributed by atoms with E-state index >= 15 is 0 Å². The smallest absolute Gasteiger partial charge is 0.336 e. The largest absolute Gasteiger partial charge is 0.490 e. The van der Waals surface area contributed by atoms with E-state index in [0.717, 1.165) is 0 Å². The molecular formula is C12H15BrO3. The van der Waals surface area contributed by atoms with Gasteiger partial charge in [-0.1, -0.05) is 13.8 Å². The second-order valence-electron chi connectivity index (χ2n) is 4.01. The molecule has 4 heteroatoms. The third-order valence-electron chi connectivity index (χ3n) is 2.43. The van der Waals surface area contributed by atoms with Gasteiger partial charge in [0.15, 0.2) is 0 Å². The van der Waals surface area contributed by atoms with E-state index in [1.165, 1.54) is 6.07 Å². The van der Waals surface area contributed by atoms with Crippen molar-refractivity contribution >= 4 is 21.9 Å². The summed E-state index contributed by atoms with van der Waals surface area (Å²) in [5.74, 6) is 0.145. The monoisotopic (exact) mass is 286 g/mol. The van der Waals surface area contributed by atoms with Crippen LogP contribution in [0.4, 0.5) is 0 Å². The maximum atomic E-state index is 10.8. The Hall–Kier alpha value is -1.03. The van der Waals surface area contributed by atoms with Crippen LogP contribution in [0.1, 0.15) is 31.1 Å². The van der Waals surface area contributed by atoms with Crippen LogP contribution in [0, 0.1) is 5.92 Å². The Morgan fingerprint density at radius 1 is 1.38 bits per heavy atom. The Morgan fingerprint density at radius 3 is 2.44 bits per heavy atom. The number of carbonyl (C=O) groups is 1. The van der Waals surface area contributed by atoms with Gasteiger partial charge in [0.05, 0.1) is 11.7 Å². The van der Waals surface area contributed by atoms with E-state index in [1.807, 2.05) is 6.92 Å². The van der Waals surface area contributed by atoms with Gasteiger partial charge in [0.25, 0.3) is 0 Å². The van der Waals surface area contributed by atoms with Gasteiger partial charge in [0.2, 0.25) is 0 Å². The highest BCUT2D eigenvalue weighted by Gasteiger charge is 2.12. The fraction of sp³-hybridized carbons (Fsp3) is 0.417. The molecule has 1 unspecified atom stereocenters. The lowest BCUT2D eigenvalue weighted by atomic mass is 10.1. The molecule has 88 valence electrons. The van der Waals surface area contributed by atoms with Crippen molar-refractivity contribution in [1.82, 2.24) is 0 Å². The van der Waals surface area contributed by atoms with Gasteiger partial charge < -0.3 is 9.84 Å². The van der Waals surface area contributed by atoms with Crippen LogP contribution < -0.4 is 4.74 Å². The molecule has 0 heterocycles. The van der Waals surface area contributed by atoms with Gasteiger partial charge in [-0.25, -0.2) is 4.79 Å². The lowest BCUT2D eigenvalue weighted by molar-refractivity contribution is 0.0696. The van der Waals surface area contributed by atoms with Gasteiger partial charge in [-0.2, -0.15) is 0 Å². The third-order valence-corrected chi connectivity index (χ3v) is 3.09. The van der Waals surface area contributed by atoms with Crippen molar-refractivity contribution < 1.29 is 14.6 Å². The molecule has 1 atom stereocenters. The van der Waals surface area contributed by atoms with E-state index in [1.54, 1.807) is 12.1 Å². The summed E-state index contributed by atoms with van der Waals surface area (Å²) >= 11 is 3.21. The molecule has 0 aliphatic rings. The summed E-state index contributed by atoms with van der Waals surface area (Å²) < 4.78 is 6.20. The highest BCUT2D eigenvalue weighted by Crippen LogP contribution is 2.24. The summed E-state index contributed by atoms with van der Waals surface area (Å²) in [5, 5.41) is 8.86. The van der Waals surface area contributed by atoms with Crippen molar-refractivity contribution in [2.24, 2.45) is 5.92 Å². The second-order valence-corrected chi connectivity index (χ2v) is 4.87. The Labute approximate surface area is 104 Å². The zero-order chi connectivity index (χ0) is 12.3. The number of carboxylic acid groups (broad SMARTS) is 1. The van der Waals surface area contributed by atoms with Gasteiger partial charge in [-0.05, 0) is 47.0 Å². The average molecular weight is 287 g/mol. The van der Waals surface area contributed by atoms with Crippen LogP contribution in [0.5, 0.6) is 5.75 Å². The van der Waals surface area contributed by atoms with E-state index in [4.69, 9.17) is 9.84 Å². The molecule has 1 rings (SSSR count). The summed E-state index contributed by atoms with van der Waals surface area (Å²) in [7, 11) is 0. The minimum Gasteiger partial charge on any atom is -0.490 e. The van der Waals surface area contributed by atoms with E-state index in [9.17, 15) is 4.79 Å². The average Bonchev–Trinajstić information content (AvgIpc) is 2.16. The lowest BCUT2D eigenvalue weighted by Gasteiger charge is -2.18. The maximum absolute atomic E-state index is 10.8. The van der Waals surface area contributed by atoms with Gasteiger partial charge >= 0.3 is 5.97 Å². The van der Waals surface area contributed by atoms with Crippen LogP contribution in [-0.2, 0) is 0 Å². The highest BCUT2D eigenvalue weighted by molar-refractivity contribution is 9.10. The maximum Gasteiger partial charge on any atom is 0.336 e. The van der Waals surface area contributed by atoms with Crippen LogP contribution in [-0.4, -0.2) is 17.2 Å². The summed E-state index contributed by atoms with van der Waals surface area (Å²) in [5.41, 5.74) is 0.240. The number of halogens is 1. The van der Waals surface area contributed by atoms with Crippen molar-refractivity contribution in [3.8, 4) is 5.75 Å². The van der Waals surface area contributed by atoms with Crippen LogP contribution in [0.2, 0.25) is 0 Å². The molecule has 1 aromatic carbocycles. The first-order valence-electron chi connectivity index (χ1n) is 5.11. The summed E-state index contributed by atoms with van der Waals surface area (Å²) in [6.45, 7) is 6.14. The van der Waals surface area contributed by atoms with Gasteiger partial charge in [-0.3, -0.25) is 0 Å². The molecule has 0 spiro atoms. The van der Waals surface area contributed by atoms with Crippen molar-refractivity contribution in [3.63, 3.8) is 0 Å². The number of aromatic carboxylic acids is 1. The Balaban J connectivity index is 2.85. The molecule has 1 N–H and O–H groups in total. The number of rotatable bonds is 4. The molecule has 0 amide bonds. The Kier molecular flexibility index (Phi) is 4.35. The molecule has 0 aromatic heterocycles. The first-order chi connectivity index (χ1) is 7.41. The summed E-state index contributed by atoms with van der Waals surface area (Å²) in [6, 6.07) is 4.89. The SMILES string of the molecule is CC(C)C(C)Oc1ccc(C(=O)O)c(Br)c1. The molecule has 0 fully saturated rings. The minimum absolute atomic E-state index is 0.0996. The molecule has 0 radical (unpaired) electrons. The highest BCUT2D eigenvalue weighted by atomic mass is 79.9. The number of hydrogen-bond acceptors (Lipinski definition) is 2. The first-order valence-corrected chi connectivity index (χ1v) is 5.90. The zero-order valence-corrected chi connectivity index (χ0v) is 11.1. The van der Waals surface area contributed by atoms with E-state index < -0.39 is 5.97 Å². The summed E-state index contributed by atoms with van der Waals surface area (Å²) in [4.78, 5) is 10.8. The molecule has 0 bridgehead atoms. The molecule has 0 aliphatic carbocycles. The normalized spacial score (nSPS) is 12.6. The third kappa shape index (κ3) is 3.23. The number of hydrogen-bond donors (Lipinski definition) is 1. The van der Waals surface area contributed by atoms with Gasteiger partial charge in [0, 0.05) is 4.47 Å². The topological polar surface area (TPSA) is 46.5 Å². The van der Waals surface area contributed by atoms with Crippen molar-refractivity contribution in [2.45, 2.75) is 26.9 Å². The van der Waals surface area contributed by atoms with Crippen LogP contribution in [0.25, 0.3) is 0 Å². The molecule has 1 aromatic rings. The molecule has 3 nitrogen and oxygen atoms in total. The fourth-order valence-electron chi connectivity index (χ4n) is 1.09. The summed E-state index contributed by atoms with van der Waals surface area (Å²) in [6.07, 6.45) is 0.0996. The molecular weight excluding hydrogens is 272 g/mol. The van der Waals surface area contributed by atoms with E-state index in [-0.39, 0.29) is 11.7 Å². The zero-order valence-electron chi connectivity index (χ0n) is 9.53. The van der Waals surface area contributed by atoms with Crippen molar-refractivity contribution in [2.75, 3.05) is 0 Å². The molecule has 0 saturated heterocycles. The first kappa shape index (κ1) is 13.0. The molecule has 16 heavy (non-hydrogen) atoms. The second kappa shape index (κ2) is 5.34. The van der Waals surface area contributed by atoms with Crippen LogP contribution in [0.15, 0.2) is 22.7 Å². The quantitative estimate of drug-likeness (QED) is 0.920. The van der Waals surface area contributed by atoms with Gasteiger partial charge in [-0.15, -0.1) is 0 Å². The standard InChI is InChI=1S/C12H15BrO3/c1-7(2)8(3)16-9-4-5-10(12(14)15)11(13)6-9/h4-8H,1-3H3,(H,14,15). The number of benzene rings is 1. The predicted molar refractivity (Wildman–Crippen MR) is 66.0 cm³/mol. The number of ether oxygens (including phenoxy) is 1. The van der Waals surface area contributed by atoms with E-state index in [0.29, 0.717) is 16.1 Å². The van der Waals surface area contributed by atoms with Gasteiger partial charge in [0.1, 0.15) is 5.75 Å². The van der Waals surface area contributed by atoms with Crippen molar-refractivity contribution in [3.05, 3.63) is 28.2 Å².